The number of aromatic nitrogens is 9. The molecule has 54 nitrogen and oxygen atoms in total. The second-order valence-corrected chi connectivity index (χ2v) is 21.1. The Balaban J connectivity index is -0.000000382. The van der Waals surface area contributed by atoms with E-state index in [-0.39, 0.29) is 201 Å². The number of aromatic amines is 2. The Bertz CT molecular complexity index is 4800. The molecule has 9 aromatic rings. The van der Waals surface area contributed by atoms with Crippen LogP contribution in [-0.2, 0) is 43.4 Å². The van der Waals surface area contributed by atoms with Crippen LogP contribution in [0.25, 0.3) is 22.5 Å². The van der Waals surface area contributed by atoms with E-state index in [4.69, 9.17) is 116 Å². The van der Waals surface area contributed by atoms with Gasteiger partial charge in [-0.15, -0.1) is 15.5 Å². The Morgan fingerprint density at radius 1 is 0.679 bits per heavy atom. The van der Waals surface area contributed by atoms with Gasteiger partial charge in [-0.05, 0) is 63.4 Å². The van der Waals surface area contributed by atoms with E-state index in [0.717, 1.165) is 48.1 Å². The Hall–Kier alpha value is -9.83. The number of alkyl halides is 1. The number of oxazole rings is 2. The Morgan fingerprint density at radius 2 is 1.04 bits per heavy atom. The standard InChI is InChI=1S/C8H5IN2O4S.C7H5N3O4.C7H7N3O2.C6H3N3O4.C6H4N2O2.C5H5N3O3.C5H6N2O.C3H2ClIO.CH3I.CH2O3.HNO3.HNO2.3Na.H2O4S.H2O/c9-8(13)15-16-4-1-5-7(10-2-4)11-6(12)3-14-5;11-6-3-14-5-1-4(10(12)13)2-8-7(5)9-6;8-4-1-5-7(9-2-4)10-6(11)3-12-5;10-6-8-5-4(13-6)1-3(2-7-5)9(11)12;9-6-8-5-4(10-6)2-1-3-7-5;6-5-4(9)1-3(2-7-5)8(10)11;6-5-4(8)2-1-3-7-5;1-2(5)3(4)6;1-2;2-1-4-3;2-1(3)4;2-1-3;;;;1-5(2,3)4;/h1-2H,3H2,(H,10,11,12);1-2H,3H2,(H,8,9,11);1-2H,3,8H2,(H,9,10,11);1-2H,(H,7,8,10);1-3H,(H,7,8,9);1-2,9H,(H2,6,7);1-3,8H,(H2,6,7);1H2;1H3;1,3H;(H,2,3,4);(H,2,3);;;;(H2,1,2,3,4);1H2/q;;;;;;;;;;;;3*+1;;/p-3/i;;;;;;;;1D;;;;;;;;. The van der Waals surface area contributed by atoms with E-state index in [0.29, 0.717) is 53.4 Å². The number of hydrogen-bond donors (Lipinski definition) is 13. The molecule has 0 unspecified atom stereocenters. The van der Waals surface area contributed by atoms with Gasteiger partial charge in [0, 0.05) is 32.1 Å². The minimum atomic E-state index is -4.67. The fraction of sp³-hybridized carbons (Fsp3) is 0.0816. The number of rotatable bonds is 7. The summed E-state index contributed by atoms with van der Waals surface area (Å²) in [4.78, 5) is 162. The van der Waals surface area contributed by atoms with Gasteiger partial charge in [0.2, 0.25) is 0 Å². The second-order valence-electron chi connectivity index (χ2n) is 16.9. The van der Waals surface area contributed by atoms with Crippen molar-refractivity contribution in [2.45, 2.75) is 4.90 Å². The SMILES string of the molecule is C=C(I)C(=O)Cl.Nc1cnc2c(c1)OCC(=O)N2.Nc1ncc([N+](=O)[O-])cc1O.Nc1ncccc1O.O=C1COc2cc(SOC(=O)I)cnc2N1.O=C1COc2cc([N+](=O)[O-])cnc2N1.O=CO[O-].O=N[O-].O=S(=O)(O)O.O=[N+]([O-])O.O=c1[nH]c2ncc([N+](=O)[O-])cc2o1.O=c1[nH]c2ncccc2o1.[2H]CI.[Na+].[Na+].[Na+].[OH-]. The fourth-order valence-electron chi connectivity index (χ4n) is 5.77. The van der Waals surface area contributed by atoms with Crippen molar-refractivity contribution in [1.82, 2.24) is 44.9 Å². The maximum atomic E-state index is 11.0. The van der Waals surface area contributed by atoms with Crippen LogP contribution in [0.2, 0.25) is 0 Å². The average Bonchev–Trinajstić information content (AvgIpc) is 1.38. The van der Waals surface area contributed by atoms with Crippen LogP contribution in [0.1, 0.15) is 1.37 Å². The molecular formula is C49H45ClI3N20Na3O34S2. The first-order chi connectivity index (χ1) is 51.1. The van der Waals surface area contributed by atoms with Crippen LogP contribution in [0, 0.1) is 50.6 Å². The van der Waals surface area contributed by atoms with Gasteiger partial charge < -0.3 is 102 Å². The number of amides is 3. The number of hydrogen-bond acceptors (Lipinski definition) is 43. The molecule has 63 heteroatoms. The van der Waals surface area contributed by atoms with Crippen molar-refractivity contribution in [3.63, 3.8) is 0 Å². The third kappa shape index (κ3) is 48.7. The molecule has 9 aromatic heterocycles. The van der Waals surface area contributed by atoms with Crippen molar-refractivity contribution in [3.05, 3.63) is 180 Å². The van der Waals surface area contributed by atoms with E-state index < -0.39 is 51.0 Å². The van der Waals surface area contributed by atoms with Crippen molar-refractivity contribution < 1.29 is 214 Å². The summed E-state index contributed by atoms with van der Waals surface area (Å²) < 4.78 is 66.9. The van der Waals surface area contributed by atoms with Crippen molar-refractivity contribution in [3.8, 4) is 28.7 Å². The van der Waals surface area contributed by atoms with Gasteiger partial charge in [0.25, 0.3) is 51.6 Å². The number of ether oxygens (including phenoxy) is 3. The number of nitrogens with zero attached hydrogens (tertiary/aromatic N) is 12. The normalized spacial score (nSPS) is 10.5. The van der Waals surface area contributed by atoms with Crippen molar-refractivity contribution in [2.75, 3.05) is 57.9 Å². The third-order valence-corrected chi connectivity index (χ3v) is 11.8. The number of carbonyl (C=O) groups is 6. The van der Waals surface area contributed by atoms with Gasteiger partial charge in [0.05, 0.1) is 88.0 Å². The number of carbonyl (C=O) groups excluding carboxylic acids is 6. The van der Waals surface area contributed by atoms with E-state index in [1.165, 1.54) is 53.3 Å². The molecule has 12 rings (SSSR count). The Morgan fingerprint density at radius 3 is 1.45 bits per heavy atom. The quantitative estimate of drug-likeness (QED) is 0.00579. The maximum Gasteiger partial charge on any atom is 1.00 e. The summed E-state index contributed by atoms with van der Waals surface area (Å²) in [6, 6.07) is 13.1. The zero-order valence-electron chi connectivity index (χ0n) is 56.9. The topological polar surface area (TPSA) is 858 Å². The molecule has 0 atom stereocenters. The molecular weight excluding hydrogens is 1960 g/mol. The molecule has 3 amide bonds. The van der Waals surface area contributed by atoms with E-state index in [1.54, 1.807) is 59.1 Å². The van der Waals surface area contributed by atoms with Gasteiger partial charge in [-0.3, -0.25) is 73.4 Å². The molecule has 3 aliphatic heterocycles. The number of H-pyrrole nitrogens is 2. The smallest absolute Gasteiger partial charge is 0.870 e. The molecule has 588 valence electrons. The molecule has 0 saturated carbocycles. The minimum Gasteiger partial charge on any atom is -0.870 e. The summed E-state index contributed by atoms with van der Waals surface area (Å²) in [6.07, 6.45) is 9.16. The number of aromatic hydroxyl groups is 2. The van der Waals surface area contributed by atoms with Crippen LogP contribution in [0.15, 0.2) is 137 Å². The molecule has 0 fully saturated rings. The van der Waals surface area contributed by atoms with Crippen molar-refractivity contribution >= 4 is 210 Å². The molecule has 0 bridgehead atoms. The molecule has 0 saturated heterocycles. The third-order valence-electron chi connectivity index (χ3n) is 9.63. The zero-order chi connectivity index (χ0) is 83.1. The molecule has 112 heavy (non-hydrogen) atoms. The number of nitrogen functional groups attached to an aromatic ring is 3. The van der Waals surface area contributed by atoms with Crippen LogP contribution in [-0.4, -0.2) is 161 Å². The number of nitro groups is 3. The second kappa shape index (κ2) is 59.9. The number of nitrogens with one attached hydrogen (secondary N) is 5. The van der Waals surface area contributed by atoms with Crippen LogP contribution in [0.5, 0.6) is 28.7 Å². The maximum absolute atomic E-state index is 11.0. The molecule has 0 spiro atoms. The van der Waals surface area contributed by atoms with E-state index in [1.807, 2.05) is 22.6 Å². The summed E-state index contributed by atoms with van der Waals surface area (Å²) in [5.41, 5.74) is 16.9. The predicted molar refractivity (Wildman–Crippen MR) is 391 cm³/mol. The Kier molecular flexibility index (Phi) is 58.0. The van der Waals surface area contributed by atoms with Gasteiger partial charge in [0.15, 0.2) is 100 Å². The molecule has 3 aliphatic rings. The van der Waals surface area contributed by atoms with E-state index >= 15 is 0 Å². The Labute approximate surface area is 737 Å². The number of halogens is 4. The number of fused-ring (bicyclic) bond motifs is 5. The van der Waals surface area contributed by atoms with Gasteiger partial charge >= 0.3 is 115 Å². The van der Waals surface area contributed by atoms with E-state index in [2.05, 4.69) is 76.7 Å². The predicted octanol–water partition coefficient (Wildman–Crippen LogP) is -4.83. The number of pyridine rings is 7. The van der Waals surface area contributed by atoms with Crippen molar-refractivity contribution in [1.29, 1.82) is 0 Å². The summed E-state index contributed by atoms with van der Waals surface area (Å²) in [5.74, 6) is 0.0559. The summed E-state index contributed by atoms with van der Waals surface area (Å²) in [5, 5.41) is 86.5. The molecule has 12 heterocycles. The average molecular weight is 2010 g/mol. The van der Waals surface area contributed by atoms with Gasteiger partial charge in [-0.1, -0.05) is 29.2 Å². The van der Waals surface area contributed by atoms with Crippen LogP contribution < -0.4 is 153 Å². The monoisotopic (exact) mass is 2010 g/mol. The van der Waals surface area contributed by atoms with Crippen molar-refractivity contribution in [2.24, 2.45) is 5.34 Å². The molecule has 0 radical (unpaired) electrons. The molecule has 0 aromatic carbocycles. The van der Waals surface area contributed by atoms with Gasteiger partial charge in [-0.2, -0.15) is 8.42 Å². The van der Waals surface area contributed by atoms with E-state index in [9.17, 15) is 63.9 Å². The first-order valence-corrected chi connectivity index (χ1v) is 32.2. The summed E-state index contributed by atoms with van der Waals surface area (Å²) >= 11 is 11.0. The first-order valence-electron chi connectivity index (χ1n) is 26.7. The molecule has 0 aliphatic carbocycles. The van der Waals surface area contributed by atoms with Gasteiger partial charge in [-0.25, -0.2) is 49.3 Å². The molecule has 17 N–H and O–H groups in total. The van der Waals surface area contributed by atoms with Crippen LogP contribution in [0.3, 0.4) is 0 Å². The first kappa shape index (κ1) is 109. The largest absolute Gasteiger partial charge is 1.00 e. The zero-order valence-corrected chi connectivity index (χ0v) is 70.8. The number of nitrogens with two attached hydrogens (primary N) is 3. The number of allylic oxidation sites excluding steroid dienone is 1. The number of anilines is 6. The van der Waals surface area contributed by atoms with Gasteiger partial charge in [0.1, 0.15) is 18.6 Å². The minimum absolute atomic E-state index is 0. The summed E-state index contributed by atoms with van der Waals surface area (Å²) in [7, 11) is -4.67. The summed E-state index contributed by atoms with van der Waals surface area (Å²) in [6.45, 7) is 2.93. The van der Waals surface area contributed by atoms with Crippen LogP contribution >= 0.6 is 91.4 Å². The van der Waals surface area contributed by atoms with Crippen LogP contribution in [0.4, 0.5) is 56.6 Å². The fourth-order valence-corrected chi connectivity index (χ4v) is 6.45.